The molecular weight excluding hydrogens is 274 g/mol. The van der Waals surface area contributed by atoms with Crippen molar-refractivity contribution in [1.82, 2.24) is 24.8 Å². The topological polar surface area (TPSA) is 57.7 Å². The molecule has 1 aliphatic heterocycles. The predicted molar refractivity (Wildman–Crippen MR) is 86.2 cm³/mol. The number of hydrogen-bond acceptors (Lipinski definition) is 4. The van der Waals surface area contributed by atoms with Gasteiger partial charge in [-0.1, -0.05) is 19.8 Å². The van der Waals surface area contributed by atoms with Crippen molar-refractivity contribution in [3.63, 3.8) is 0 Å². The third-order valence-electron chi connectivity index (χ3n) is 4.38. The van der Waals surface area contributed by atoms with E-state index in [4.69, 9.17) is 0 Å². The lowest BCUT2D eigenvalue weighted by molar-refractivity contribution is 0.135. The summed E-state index contributed by atoms with van der Waals surface area (Å²) in [4.78, 5) is 19.0. The second kappa shape index (κ2) is 7.49. The number of aromatic amines is 1. The standard InChI is InChI=1S/C17H25N5/c1-2-3-7-17-19-11-14(21-17)12-22-10-5-4-6-16(22)15-8-9-18-13-20-15/h8-9,11,13,16H,2-7,10,12H2,1H3,(H,19,21). The molecule has 0 aromatic carbocycles. The van der Waals surface area contributed by atoms with Crippen LogP contribution < -0.4 is 0 Å². The van der Waals surface area contributed by atoms with E-state index >= 15 is 0 Å². The molecule has 0 aliphatic carbocycles. The second-order valence-electron chi connectivity index (χ2n) is 6.07. The van der Waals surface area contributed by atoms with Gasteiger partial charge in [0.05, 0.1) is 11.7 Å². The largest absolute Gasteiger partial charge is 0.345 e. The van der Waals surface area contributed by atoms with Crippen LogP contribution in [0.2, 0.25) is 0 Å². The minimum absolute atomic E-state index is 0.402. The number of aromatic nitrogens is 4. The van der Waals surface area contributed by atoms with Crippen molar-refractivity contribution < 1.29 is 0 Å². The van der Waals surface area contributed by atoms with Crippen LogP contribution in [0.25, 0.3) is 0 Å². The molecular formula is C17H25N5. The Morgan fingerprint density at radius 2 is 2.27 bits per heavy atom. The van der Waals surface area contributed by atoms with Gasteiger partial charge in [-0.05, 0) is 31.9 Å². The molecule has 0 bridgehead atoms. The number of piperidine rings is 1. The molecule has 0 amide bonds. The van der Waals surface area contributed by atoms with Crippen molar-refractivity contribution in [2.24, 2.45) is 0 Å². The van der Waals surface area contributed by atoms with E-state index in [2.05, 4.69) is 31.8 Å². The molecule has 0 spiro atoms. The molecule has 5 heteroatoms. The van der Waals surface area contributed by atoms with Gasteiger partial charge in [0.1, 0.15) is 12.2 Å². The molecule has 118 valence electrons. The normalized spacial score (nSPS) is 19.4. The zero-order chi connectivity index (χ0) is 15.2. The van der Waals surface area contributed by atoms with E-state index < -0.39 is 0 Å². The number of unbranched alkanes of at least 4 members (excludes halogenated alkanes) is 1. The maximum absolute atomic E-state index is 4.51. The first-order valence-electron chi connectivity index (χ1n) is 8.39. The third-order valence-corrected chi connectivity index (χ3v) is 4.38. The zero-order valence-electron chi connectivity index (χ0n) is 13.3. The lowest BCUT2D eigenvalue weighted by atomic mass is 9.99. The first-order valence-corrected chi connectivity index (χ1v) is 8.39. The smallest absolute Gasteiger partial charge is 0.115 e. The van der Waals surface area contributed by atoms with Gasteiger partial charge in [-0.3, -0.25) is 4.90 Å². The molecule has 1 fully saturated rings. The summed E-state index contributed by atoms with van der Waals surface area (Å²) in [5.74, 6) is 1.12. The number of nitrogens with zero attached hydrogens (tertiary/aromatic N) is 4. The van der Waals surface area contributed by atoms with Crippen molar-refractivity contribution >= 4 is 0 Å². The first kappa shape index (κ1) is 15.2. The molecule has 1 aliphatic rings. The van der Waals surface area contributed by atoms with Gasteiger partial charge >= 0.3 is 0 Å². The molecule has 1 saturated heterocycles. The number of rotatable bonds is 6. The maximum atomic E-state index is 4.51. The van der Waals surface area contributed by atoms with Crippen molar-refractivity contribution in [2.45, 2.75) is 58.0 Å². The van der Waals surface area contributed by atoms with Crippen LogP contribution in [0.3, 0.4) is 0 Å². The Hall–Kier alpha value is -1.75. The lowest BCUT2D eigenvalue weighted by Gasteiger charge is -2.34. The Labute approximate surface area is 132 Å². The molecule has 0 saturated carbocycles. The fraction of sp³-hybridized carbons (Fsp3) is 0.588. The highest BCUT2D eigenvalue weighted by Crippen LogP contribution is 2.30. The predicted octanol–water partition coefficient (Wildman–Crippen LogP) is 3.27. The Morgan fingerprint density at radius 1 is 1.32 bits per heavy atom. The fourth-order valence-corrected chi connectivity index (χ4v) is 3.19. The molecule has 1 atom stereocenters. The van der Waals surface area contributed by atoms with Crippen LogP contribution in [0.5, 0.6) is 0 Å². The van der Waals surface area contributed by atoms with Gasteiger partial charge in [0.15, 0.2) is 0 Å². The minimum atomic E-state index is 0.402. The Kier molecular flexibility index (Phi) is 5.16. The van der Waals surface area contributed by atoms with Gasteiger partial charge in [0, 0.05) is 31.1 Å². The Balaban J connectivity index is 1.67. The third kappa shape index (κ3) is 3.71. The summed E-state index contributed by atoms with van der Waals surface area (Å²) >= 11 is 0. The quantitative estimate of drug-likeness (QED) is 0.889. The minimum Gasteiger partial charge on any atom is -0.345 e. The monoisotopic (exact) mass is 299 g/mol. The van der Waals surface area contributed by atoms with Crippen molar-refractivity contribution in [3.8, 4) is 0 Å². The number of imidazole rings is 1. The highest BCUT2D eigenvalue weighted by atomic mass is 15.2. The molecule has 2 aromatic heterocycles. The summed E-state index contributed by atoms with van der Waals surface area (Å²) < 4.78 is 0. The molecule has 5 nitrogen and oxygen atoms in total. The number of H-pyrrole nitrogens is 1. The van der Waals surface area contributed by atoms with Crippen LogP contribution in [0, 0.1) is 0 Å². The van der Waals surface area contributed by atoms with Crippen molar-refractivity contribution in [2.75, 3.05) is 6.54 Å². The highest BCUT2D eigenvalue weighted by molar-refractivity contribution is 5.08. The van der Waals surface area contributed by atoms with Crippen LogP contribution in [-0.4, -0.2) is 31.4 Å². The van der Waals surface area contributed by atoms with Gasteiger partial charge in [-0.15, -0.1) is 0 Å². The average Bonchev–Trinajstić information content (AvgIpc) is 3.02. The summed E-state index contributed by atoms with van der Waals surface area (Å²) in [5.41, 5.74) is 2.35. The SMILES string of the molecule is CCCCc1ncc(CN2CCCCC2c2ccncn2)[nH]1. The first-order chi connectivity index (χ1) is 10.9. The number of nitrogens with one attached hydrogen (secondary N) is 1. The van der Waals surface area contributed by atoms with E-state index in [1.165, 1.54) is 37.8 Å². The van der Waals surface area contributed by atoms with Crippen LogP contribution in [0.4, 0.5) is 0 Å². The molecule has 0 radical (unpaired) electrons. The van der Waals surface area contributed by atoms with Crippen LogP contribution in [0.15, 0.2) is 24.8 Å². The van der Waals surface area contributed by atoms with E-state index in [0.717, 1.165) is 31.0 Å². The van der Waals surface area contributed by atoms with Gasteiger partial charge in [0.2, 0.25) is 0 Å². The molecule has 1 N–H and O–H groups in total. The van der Waals surface area contributed by atoms with Crippen LogP contribution >= 0.6 is 0 Å². The number of aryl methyl sites for hydroxylation is 1. The van der Waals surface area contributed by atoms with Crippen LogP contribution in [-0.2, 0) is 13.0 Å². The van der Waals surface area contributed by atoms with Crippen molar-refractivity contribution in [1.29, 1.82) is 0 Å². The van der Waals surface area contributed by atoms with Gasteiger partial charge < -0.3 is 4.98 Å². The second-order valence-corrected chi connectivity index (χ2v) is 6.07. The van der Waals surface area contributed by atoms with E-state index in [1.807, 2.05) is 18.5 Å². The maximum Gasteiger partial charge on any atom is 0.115 e. The van der Waals surface area contributed by atoms with Gasteiger partial charge in [-0.2, -0.15) is 0 Å². The summed E-state index contributed by atoms with van der Waals surface area (Å²) in [6, 6.07) is 2.45. The summed E-state index contributed by atoms with van der Waals surface area (Å²) in [5, 5.41) is 0. The summed E-state index contributed by atoms with van der Waals surface area (Å²) in [7, 11) is 0. The molecule has 22 heavy (non-hydrogen) atoms. The average molecular weight is 299 g/mol. The lowest BCUT2D eigenvalue weighted by Crippen LogP contribution is -2.33. The summed E-state index contributed by atoms with van der Waals surface area (Å²) in [6.45, 7) is 4.26. The Morgan fingerprint density at radius 3 is 3.09 bits per heavy atom. The zero-order valence-corrected chi connectivity index (χ0v) is 13.3. The molecule has 3 heterocycles. The van der Waals surface area contributed by atoms with Gasteiger partial charge in [-0.25, -0.2) is 15.0 Å². The molecule has 2 aromatic rings. The van der Waals surface area contributed by atoms with Gasteiger partial charge in [0.25, 0.3) is 0 Å². The van der Waals surface area contributed by atoms with E-state index in [9.17, 15) is 0 Å². The number of hydrogen-bond donors (Lipinski definition) is 1. The van der Waals surface area contributed by atoms with E-state index in [1.54, 1.807) is 6.33 Å². The number of likely N-dealkylation sites (tertiary alicyclic amines) is 1. The van der Waals surface area contributed by atoms with Crippen molar-refractivity contribution in [3.05, 3.63) is 42.0 Å². The van der Waals surface area contributed by atoms with E-state index in [0.29, 0.717) is 6.04 Å². The Bertz CT molecular complexity index is 565. The highest BCUT2D eigenvalue weighted by Gasteiger charge is 2.25. The van der Waals surface area contributed by atoms with E-state index in [-0.39, 0.29) is 0 Å². The fourth-order valence-electron chi connectivity index (χ4n) is 3.19. The summed E-state index contributed by atoms with van der Waals surface area (Å²) in [6.07, 6.45) is 12.7. The molecule has 1 unspecified atom stereocenters. The molecule has 3 rings (SSSR count). The van der Waals surface area contributed by atoms with Crippen LogP contribution in [0.1, 0.15) is 62.3 Å².